The largest absolute Gasteiger partial charge is 0.490 e. The van der Waals surface area contributed by atoms with E-state index < -0.39 is 0 Å². The van der Waals surface area contributed by atoms with Gasteiger partial charge < -0.3 is 4.74 Å². The fraction of sp³-hybridized carbons (Fsp3) is 0.308. The zero-order valence-corrected chi connectivity index (χ0v) is 19.3. The number of aryl methyl sites for hydroxylation is 2. The average molecular weight is 446 g/mol. The summed E-state index contributed by atoms with van der Waals surface area (Å²) in [7, 11) is 0. The van der Waals surface area contributed by atoms with Crippen LogP contribution in [0.3, 0.4) is 0 Å². The first kappa shape index (κ1) is 20.9. The fourth-order valence-electron chi connectivity index (χ4n) is 4.25. The van der Waals surface area contributed by atoms with Crippen LogP contribution in [0.1, 0.15) is 29.7 Å². The Balaban J connectivity index is 1.25. The van der Waals surface area contributed by atoms with E-state index in [1.165, 1.54) is 22.5 Å². The molecule has 1 aliphatic heterocycles. The first-order valence-corrected chi connectivity index (χ1v) is 12.0. The lowest BCUT2D eigenvalue weighted by atomic mass is 10.1. The van der Waals surface area contributed by atoms with Gasteiger partial charge in [-0.1, -0.05) is 36.4 Å². The van der Waals surface area contributed by atoms with Crippen molar-refractivity contribution in [3.8, 4) is 17.0 Å². The maximum Gasteiger partial charge on any atom is 0.259 e. The molecule has 164 valence electrons. The zero-order valence-electron chi connectivity index (χ0n) is 18.5. The van der Waals surface area contributed by atoms with Gasteiger partial charge in [-0.3, -0.25) is 14.1 Å². The molecule has 0 atom stereocenters. The van der Waals surface area contributed by atoms with E-state index in [4.69, 9.17) is 9.72 Å². The molecule has 1 fully saturated rings. The Morgan fingerprint density at radius 2 is 1.81 bits per heavy atom. The van der Waals surface area contributed by atoms with E-state index in [2.05, 4.69) is 36.9 Å². The molecule has 3 heterocycles. The van der Waals surface area contributed by atoms with Gasteiger partial charge in [0.25, 0.3) is 5.56 Å². The van der Waals surface area contributed by atoms with Crippen LogP contribution in [0.15, 0.2) is 64.8 Å². The summed E-state index contributed by atoms with van der Waals surface area (Å²) in [6.07, 6.45) is 2.19. The van der Waals surface area contributed by atoms with Gasteiger partial charge >= 0.3 is 0 Å². The molecular formula is C26H27N3O2S. The fourth-order valence-corrected chi connectivity index (χ4v) is 5.17. The van der Waals surface area contributed by atoms with Crippen molar-refractivity contribution < 1.29 is 4.74 Å². The predicted octanol–water partition coefficient (Wildman–Crippen LogP) is 5.08. The van der Waals surface area contributed by atoms with Crippen LogP contribution in [-0.4, -0.2) is 33.5 Å². The SMILES string of the molecule is Cc1ccc(OC2CCN(Cc3cc(=O)n4c(-c5ccccc5)csc4n3)CC2)cc1C. The first-order chi connectivity index (χ1) is 15.6. The van der Waals surface area contributed by atoms with Crippen LogP contribution in [0.5, 0.6) is 5.75 Å². The van der Waals surface area contributed by atoms with E-state index in [0.29, 0.717) is 6.54 Å². The summed E-state index contributed by atoms with van der Waals surface area (Å²) in [5.74, 6) is 0.957. The highest BCUT2D eigenvalue weighted by Gasteiger charge is 2.22. The van der Waals surface area contributed by atoms with Crippen molar-refractivity contribution in [2.45, 2.75) is 39.3 Å². The lowest BCUT2D eigenvalue weighted by Crippen LogP contribution is -2.38. The van der Waals surface area contributed by atoms with E-state index in [1.54, 1.807) is 10.5 Å². The number of fused-ring (bicyclic) bond motifs is 1. The van der Waals surface area contributed by atoms with Gasteiger partial charge in [0.1, 0.15) is 11.9 Å². The van der Waals surface area contributed by atoms with Gasteiger partial charge in [-0.2, -0.15) is 0 Å². The number of benzene rings is 2. The van der Waals surface area contributed by atoms with Crippen LogP contribution in [0.25, 0.3) is 16.2 Å². The highest BCUT2D eigenvalue weighted by Crippen LogP contribution is 2.25. The second kappa shape index (κ2) is 8.88. The summed E-state index contributed by atoms with van der Waals surface area (Å²) >= 11 is 1.52. The van der Waals surface area contributed by atoms with E-state index in [1.807, 2.05) is 35.7 Å². The molecular weight excluding hydrogens is 418 g/mol. The number of piperidine rings is 1. The summed E-state index contributed by atoms with van der Waals surface area (Å²) < 4.78 is 7.93. The number of rotatable bonds is 5. The van der Waals surface area contributed by atoms with E-state index in [0.717, 1.165) is 53.6 Å². The molecule has 0 saturated carbocycles. The quantitative estimate of drug-likeness (QED) is 0.430. The molecule has 2 aromatic heterocycles. The van der Waals surface area contributed by atoms with E-state index >= 15 is 0 Å². The van der Waals surface area contributed by atoms with E-state index in [9.17, 15) is 4.79 Å². The maximum absolute atomic E-state index is 12.9. The Morgan fingerprint density at radius 1 is 1.03 bits per heavy atom. The minimum Gasteiger partial charge on any atom is -0.490 e. The molecule has 1 aliphatic rings. The monoisotopic (exact) mass is 445 g/mol. The number of hydrogen-bond donors (Lipinski definition) is 0. The number of nitrogens with zero attached hydrogens (tertiary/aromatic N) is 3. The molecule has 0 amide bonds. The van der Waals surface area contributed by atoms with Gasteiger partial charge in [-0.05, 0) is 55.5 Å². The van der Waals surface area contributed by atoms with Gasteiger partial charge in [0.15, 0.2) is 4.96 Å². The summed E-state index contributed by atoms with van der Waals surface area (Å²) in [5.41, 5.74) is 5.30. The molecule has 0 N–H and O–H groups in total. The van der Waals surface area contributed by atoms with Gasteiger partial charge in [0, 0.05) is 31.1 Å². The Kier molecular flexibility index (Phi) is 5.81. The van der Waals surface area contributed by atoms with Crippen LogP contribution in [-0.2, 0) is 6.54 Å². The van der Waals surface area contributed by atoms with Gasteiger partial charge in [0.05, 0.1) is 11.4 Å². The highest BCUT2D eigenvalue weighted by atomic mass is 32.1. The molecule has 0 bridgehead atoms. The standard InChI is InChI=1S/C26H27N3O2S/c1-18-8-9-23(14-19(18)2)31-22-10-12-28(13-11-22)16-21-15-25(30)29-24(17-32-26(29)27-21)20-6-4-3-5-7-20/h3-9,14-15,17,22H,10-13,16H2,1-2H3. The van der Waals surface area contributed by atoms with Crippen LogP contribution in [0.4, 0.5) is 0 Å². The minimum atomic E-state index is -0.0157. The van der Waals surface area contributed by atoms with Crippen molar-refractivity contribution in [1.29, 1.82) is 0 Å². The Bertz CT molecular complexity index is 1290. The topological polar surface area (TPSA) is 46.8 Å². The normalized spacial score (nSPS) is 15.3. The van der Waals surface area contributed by atoms with Crippen LogP contribution in [0, 0.1) is 13.8 Å². The van der Waals surface area contributed by atoms with E-state index in [-0.39, 0.29) is 11.7 Å². The molecule has 0 radical (unpaired) electrons. The molecule has 5 nitrogen and oxygen atoms in total. The summed E-state index contributed by atoms with van der Waals surface area (Å²) in [4.78, 5) is 20.8. The molecule has 0 unspecified atom stereocenters. The van der Waals surface area contributed by atoms with Crippen LogP contribution >= 0.6 is 11.3 Å². The van der Waals surface area contributed by atoms with Crippen molar-refractivity contribution >= 4 is 16.3 Å². The Labute approximate surface area is 191 Å². The summed E-state index contributed by atoms with van der Waals surface area (Å²) in [6, 6.07) is 18.0. The van der Waals surface area contributed by atoms with Crippen LogP contribution < -0.4 is 10.3 Å². The van der Waals surface area contributed by atoms with Crippen molar-refractivity contribution in [1.82, 2.24) is 14.3 Å². The first-order valence-electron chi connectivity index (χ1n) is 11.1. The molecule has 4 aromatic rings. The summed E-state index contributed by atoms with van der Waals surface area (Å²) in [5, 5.41) is 2.01. The van der Waals surface area contributed by atoms with Crippen molar-refractivity contribution in [2.75, 3.05) is 13.1 Å². The van der Waals surface area contributed by atoms with Gasteiger partial charge in [-0.25, -0.2) is 4.98 Å². The lowest BCUT2D eigenvalue weighted by Gasteiger charge is -2.32. The lowest BCUT2D eigenvalue weighted by molar-refractivity contribution is 0.0961. The molecule has 5 rings (SSSR count). The number of hydrogen-bond acceptors (Lipinski definition) is 5. The van der Waals surface area contributed by atoms with Crippen LogP contribution in [0.2, 0.25) is 0 Å². The molecule has 1 saturated heterocycles. The number of aromatic nitrogens is 2. The highest BCUT2D eigenvalue weighted by molar-refractivity contribution is 7.15. The van der Waals surface area contributed by atoms with Gasteiger partial charge in [0.2, 0.25) is 0 Å². The molecule has 0 spiro atoms. The second-order valence-electron chi connectivity index (χ2n) is 8.53. The summed E-state index contributed by atoms with van der Waals surface area (Å²) in [6.45, 7) is 6.81. The third-order valence-corrected chi connectivity index (χ3v) is 7.05. The van der Waals surface area contributed by atoms with Crippen molar-refractivity contribution in [3.63, 3.8) is 0 Å². The molecule has 32 heavy (non-hydrogen) atoms. The average Bonchev–Trinajstić information content (AvgIpc) is 3.23. The number of likely N-dealkylation sites (tertiary alicyclic amines) is 1. The van der Waals surface area contributed by atoms with Gasteiger partial charge in [-0.15, -0.1) is 11.3 Å². The minimum absolute atomic E-state index is 0.0157. The third-order valence-electron chi connectivity index (χ3n) is 6.23. The molecule has 2 aromatic carbocycles. The predicted molar refractivity (Wildman–Crippen MR) is 130 cm³/mol. The molecule has 0 aliphatic carbocycles. The number of thiazole rings is 1. The zero-order chi connectivity index (χ0) is 22.1. The van der Waals surface area contributed by atoms with Crippen molar-refractivity contribution in [2.24, 2.45) is 0 Å². The maximum atomic E-state index is 12.9. The number of ether oxygens (including phenoxy) is 1. The smallest absolute Gasteiger partial charge is 0.259 e. The third kappa shape index (κ3) is 4.33. The Morgan fingerprint density at radius 3 is 2.56 bits per heavy atom. The van der Waals surface area contributed by atoms with Crippen molar-refractivity contribution in [3.05, 3.63) is 87.2 Å². The second-order valence-corrected chi connectivity index (χ2v) is 9.37. The molecule has 6 heteroatoms. The Hall–Kier alpha value is -2.96.